The fourth-order valence-corrected chi connectivity index (χ4v) is 5.35. The number of unbranched alkanes of at least 4 members (excludes halogenated alkanes) is 1. The summed E-state index contributed by atoms with van der Waals surface area (Å²) in [4.78, 5) is 43.7. The first kappa shape index (κ1) is 38.9. The molecule has 1 heterocycles. The Hall–Kier alpha value is -3.27. The number of likely N-dealkylation sites (tertiary alicyclic amines) is 1. The van der Waals surface area contributed by atoms with E-state index in [4.69, 9.17) is 4.74 Å². The maximum absolute atomic E-state index is 13.8. The van der Waals surface area contributed by atoms with E-state index < -0.39 is 17.5 Å². The second kappa shape index (κ2) is 20.8. The molecule has 2 unspecified atom stereocenters. The summed E-state index contributed by atoms with van der Waals surface area (Å²) in [6, 6.07) is 19.3. The molecular weight excluding hydrogens is 578 g/mol. The highest BCUT2D eigenvalue weighted by Gasteiger charge is 2.40. The molecule has 46 heavy (non-hydrogen) atoms. The van der Waals surface area contributed by atoms with Gasteiger partial charge in [0.05, 0.1) is 12.6 Å². The van der Waals surface area contributed by atoms with Crippen LogP contribution in [-0.4, -0.2) is 99.1 Å². The molecule has 1 saturated heterocycles. The van der Waals surface area contributed by atoms with Crippen LogP contribution in [0.4, 0.5) is 0 Å². The van der Waals surface area contributed by atoms with Crippen molar-refractivity contribution in [3.8, 4) is 0 Å². The maximum Gasteiger partial charge on any atom is 0.246 e. The quantitative estimate of drug-likeness (QED) is 0.239. The van der Waals surface area contributed by atoms with Gasteiger partial charge in [0.2, 0.25) is 17.7 Å². The molecule has 0 aliphatic carbocycles. The second-order valence-electron chi connectivity index (χ2n) is 13.3. The average Bonchev–Trinajstić information content (AvgIpc) is 3.51. The van der Waals surface area contributed by atoms with Crippen LogP contribution in [0.25, 0.3) is 0 Å². The van der Waals surface area contributed by atoms with Gasteiger partial charge in [0.15, 0.2) is 0 Å². The maximum atomic E-state index is 13.8. The van der Waals surface area contributed by atoms with Crippen LogP contribution in [0.2, 0.25) is 0 Å². The number of likely N-dealkylation sites (N-methyl/N-ethyl adjacent to an activating group) is 1. The Labute approximate surface area is 277 Å². The van der Waals surface area contributed by atoms with Crippen LogP contribution in [0.1, 0.15) is 64.5 Å². The molecule has 0 aromatic heterocycles. The fraction of sp³-hybridized carbons (Fsp3) is 0.595. The number of ether oxygens (including phenoxy) is 1. The van der Waals surface area contributed by atoms with Crippen LogP contribution in [-0.2, 0) is 25.5 Å². The van der Waals surface area contributed by atoms with Crippen molar-refractivity contribution in [3.63, 3.8) is 0 Å². The van der Waals surface area contributed by atoms with Gasteiger partial charge in [0.25, 0.3) is 0 Å². The molecule has 9 nitrogen and oxygen atoms in total. The highest BCUT2D eigenvalue weighted by molar-refractivity contribution is 5.90. The van der Waals surface area contributed by atoms with Gasteiger partial charge >= 0.3 is 0 Å². The topological polar surface area (TPSA) is 103 Å². The molecule has 2 aromatic rings. The first-order chi connectivity index (χ1) is 22.0. The number of rotatable bonds is 16. The van der Waals surface area contributed by atoms with Crippen molar-refractivity contribution in [3.05, 3.63) is 71.8 Å². The molecule has 256 valence electrons. The van der Waals surface area contributed by atoms with E-state index in [1.807, 2.05) is 67.0 Å². The summed E-state index contributed by atoms with van der Waals surface area (Å²) in [7, 11) is 3.42. The number of aryl methyl sites for hydroxylation is 1. The summed E-state index contributed by atoms with van der Waals surface area (Å²) in [5.41, 5.74) is 2.04. The third-order valence-corrected chi connectivity index (χ3v) is 8.35. The summed E-state index contributed by atoms with van der Waals surface area (Å²) >= 11 is 0. The SMILES string of the molecule is CN[C@@H](C)C(=O)NC(C(=O)N1CCCC1CN(CCc1ccccc1)C(=O)CNCCCCOC)C(C)(C)C.Cc1ccccc1. The van der Waals surface area contributed by atoms with Gasteiger partial charge in [-0.3, -0.25) is 14.4 Å². The highest BCUT2D eigenvalue weighted by Crippen LogP contribution is 2.26. The molecular formula is C37H59N5O4. The lowest BCUT2D eigenvalue weighted by atomic mass is 9.85. The third kappa shape index (κ3) is 14.0. The zero-order chi connectivity index (χ0) is 34.0. The second-order valence-corrected chi connectivity index (χ2v) is 13.3. The summed E-state index contributed by atoms with van der Waals surface area (Å²) in [5.74, 6) is -0.230. The van der Waals surface area contributed by atoms with Gasteiger partial charge < -0.3 is 30.5 Å². The molecule has 3 rings (SSSR count). The van der Waals surface area contributed by atoms with Gasteiger partial charge in [-0.25, -0.2) is 0 Å². The van der Waals surface area contributed by atoms with Gasteiger partial charge in [0.1, 0.15) is 6.04 Å². The smallest absolute Gasteiger partial charge is 0.246 e. The molecule has 1 fully saturated rings. The van der Waals surface area contributed by atoms with Crippen LogP contribution in [0.5, 0.6) is 0 Å². The Kier molecular flexibility index (Phi) is 17.6. The van der Waals surface area contributed by atoms with Crippen LogP contribution in [0.3, 0.4) is 0 Å². The zero-order valence-corrected chi connectivity index (χ0v) is 29.3. The van der Waals surface area contributed by atoms with Gasteiger partial charge in [-0.1, -0.05) is 87.0 Å². The summed E-state index contributed by atoms with van der Waals surface area (Å²) < 4.78 is 5.10. The van der Waals surface area contributed by atoms with Gasteiger partial charge in [0, 0.05) is 39.4 Å². The van der Waals surface area contributed by atoms with E-state index in [1.54, 1.807) is 21.1 Å². The van der Waals surface area contributed by atoms with Crippen molar-refractivity contribution in [1.29, 1.82) is 0 Å². The number of carbonyl (C=O) groups is 3. The Morgan fingerprint density at radius 2 is 1.67 bits per heavy atom. The fourth-order valence-electron chi connectivity index (χ4n) is 5.35. The third-order valence-electron chi connectivity index (χ3n) is 8.35. The van der Waals surface area contributed by atoms with E-state index in [0.717, 1.165) is 38.6 Å². The van der Waals surface area contributed by atoms with Crippen LogP contribution >= 0.6 is 0 Å². The summed E-state index contributed by atoms with van der Waals surface area (Å²) in [6.45, 7) is 13.2. The van der Waals surface area contributed by atoms with Crippen molar-refractivity contribution < 1.29 is 19.1 Å². The number of hydrogen-bond donors (Lipinski definition) is 3. The van der Waals surface area contributed by atoms with E-state index in [9.17, 15) is 14.4 Å². The Bertz CT molecular complexity index is 1160. The summed E-state index contributed by atoms with van der Waals surface area (Å²) in [6.07, 6.45) is 4.37. The predicted molar refractivity (Wildman–Crippen MR) is 187 cm³/mol. The van der Waals surface area contributed by atoms with E-state index in [-0.39, 0.29) is 30.3 Å². The lowest BCUT2D eigenvalue weighted by Gasteiger charge is -2.37. The number of benzene rings is 2. The lowest BCUT2D eigenvalue weighted by molar-refractivity contribution is -0.142. The van der Waals surface area contributed by atoms with E-state index >= 15 is 0 Å². The molecule has 3 amide bonds. The average molecular weight is 638 g/mol. The van der Waals surface area contributed by atoms with Crippen LogP contribution in [0, 0.1) is 12.3 Å². The minimum Gasteiger partial charge on any atom is -0.385 e. The molecule has 1 aliphatic heterocycles. The predicted octanol–water partition coefficient (Wildman–Crippen LogP) is 4.20. The van der Waals surface area contributed by atoms with E-state index in [2.05, 4.69) is 47.1 Å². The lowest BCUT2D eigenvalue weighted by Crippen LogP contribution is -2.59. The van der Waals surface area contributed by atoms with Crippen LogP contribution in [0.15, 0.2) is 60.7 Å². The monoisotopic (exact) mass is 637 g/mol. The molecule has 3 atom stereocenters. The minimum absolute atomic E-state index is 0.0421. The molecule has 0 radical (unpaired) electrons. The van der Waals surface area contributed by atoms with E-state index in [1.165, 1.54) is 11.1 Å². The molecule has 2 aromatic carbocycles. The molecule has 0 bridgehead atoms. The first-order valence-corrected chi connectivity index (χ1v) is 16.8. The molecule has 0 saturated carbocycles. The minimum atomic E-state index is -0.649. The molecule has 1 aliphatic rings. The van der Waals surface area contributed by atoms with Crippen molar-refractivity contribution >= 4 is 17.7 Å². The molecule has 3 N–H and O–H groups in total. The Morgan fingerprint density at radius 1 is 1.02 bits per heavy atom. The van der Waals surface area contributed by atoms with Crippen LogP contribution < -0.4 is 16.0 Å². The number of nitrogens with one attached hydrogen (secondary N) is 3. The van der Waals surface area contributed by atoms with Gasteiger partial charge in [-0.15, -0.1) is 0 Å². The zero-order valence-electron chi connectivity index (χ0n) is 29.3. The van der Waals surface area contributed by atoms with Gasteiger partial charge in [-0.2, -0.15) is 0 Å². The number of methoxy groups -OCH3 is 1. The first-order valence-electron chi connectivity index (χ1n) is 16.8. The number of amides is 3. The van der Waals surface area contributed by atoms with Gasteiger partial charge in [-0.05, 0) is 70.5 Å². The number of hydrogen-bond acceptors (Lipinski definition) is 6. The molecule has 9 heteroatoms. The largest absolute Gasteiger partial charge is 0.385 e. The van der Waals surface area contributed by atoms with Crippen molar-refractivity contribution in [2.24, 2.45) is 5.41 Å². The Morgan fingerprint density at radius 3 is 2.24 bits per heavy atom. The summed E-state index contributed by atoms with van der Waals surface area (Å²) in [5, 5.41) is 9.20. The highest BCUT2D eigenvalue weighted by atomic mass is 16.5. The number of carbonyl (C=O) groups excluding carboxylic acids is 3. The number of nitrogens with zero attached hydrogens (tertiary/aromatic N) is 2. The van der Waals surface area contributed by atoms with Crippen molar-refractivity contribution in [1.82, 2.24) is 25.8 Å². The van der Waals surface area contributed by atoms with Crippen molar-refractivity contribution in [2.75, 3.05) is 53.5 Å². The Balaban J connectivity index is 0.000000923. The normalized spacial score (nSPS) is 15.8. The standard InChI is InChI=1S/C30H51N5O4.C7H8/c1-23(31-5)28(37)33-27(30(2,3)4)29(38)35-18-12-15-25(35)22-34(19-16-24-13-8-7-9-14-24)26(36)21-32-17-10-11-20-39-6;1-7-5-3-2-4-6-7/h7-9,13-14,23,25,27,31-32H,10-12,15-22H2,1-6H3,(H,33,37);2-6H,1H3/t23-,25?,27?;/m0./s1. The van der Waals surface area contributed by atoms with Crippen molar-refractivity contribution in [2.45, 2.75) is 84.8 Å². The molecule has 0 spiro atoms. The van der Waals surface area contributed by atoms with E-state index in [0.29, 0.717) is 26.2 Å².